The van der Waals surface area contributed by atoms with Crippen molar-refractivity contribution < 1.29 is 4.40 Å². The largest absolute Gasteiger partial charge is 0.295 e. The van der Waals surface area contributed by atoms with Gasteiger partial charge in [0, 0.05) is 11.6 Å². The van der Waals surface area contributed by atoms with Gasteiger partial charge in [0.25, 0.3) is 11.3 Å². The summed E-state index contributed by atoms with van der Waals surface area (Å²) in [5.74, 6) is 1.06. The lowest BCUT2D eigenvalue weighted by molar-refractivity contribution is -0.484. The van der Waals surface area contributed by atoms with E-state index in [0.717, 1.165) is 29.3 Å². The Hall–Kier alpha value is -2.62. The number of benzene rings is 1. The molecule has 0 atom stereocenters. The van der Waals surface area contributed by atoms with Gasteiger partial charge in [0.1, 0.15) is 0 Å². The summed E-state index contributed by atoms with van der Waals surface area (Å²) in [6.45, 7) is 0.900. The van der Waals surface area contributed by atoms with Gasteiger partial charge in [-0.05, 0) is 17.7 Å². The van der Waals surface area contributed by atoms with Gasteiger partial charge in [0.05, 0.1) is 12.7 Å². The van der Waals surface area contributed by atoms with Crippen LogP contribution in [0.2, 0.25) is 0 Å². The summed E-state index contributed by atoms with van der Waals surface area (Å²) in [7, 11) is 0. The molecule has 4 heterocycles. The first-order valence-electron chi connectivity index (χ1n) is 6.39. The first-order valence-corrected chi connectivity index (χ1v) is 6.39. The zero-order valence-electron chi connectivity index (χ0n) is 10.2. The molecule has 0 saturated carbocycles. The van der Waals surface area contributed by atoms with E-state index < -0.39 is 0 Å². The highest BCUT2D eigenvalue weighted by Crippen LogP contribution is 2.33. The van der Waals surface area contributed by atoms with Crippen LogP contribution >= 0.6 is 0 Å². The second-order valence-electron chi connectivity index (χ2n) is 4.93. The molecule has 0 amide bonds. The van der Waals surface area contributed by atoms with Gasteiger partial charge in [-0.25, -0.2) is 8.97 Å². The first-order chi connectivity index (χ1) is 9.42. The van der Waals surface area contributed by atoms with Crippen LogP contribution in [0.3, 0.4) is 0 Å². The number of hydrogen-bond donors (Lipinski definition) is 1. The lowest BCUT2D eigenvalue weighted by atomic mass is 10.1. The smallest absolute Gasteiger partial charge is 0.251 e. The van der Waals surface area contributed by atoms with E-state index >= 15 is 0 Å². The monoisotopic (exact) mass is 247 g/mol. The number of aromatic nitrogens is 4. The number of aromatic amines is 1. The Bertz CT molecular complexity index is 945. The molecule has 0 aliphatic carbocycles. The lowest BCUT2D eigenvalue weighted by Gasteiger charge is -1.92. The van der Waals surface area contributed by atoms with Gasteiger partial charge >= 0.3 is 0 Å². The van der Waals surface area contributed by atoms with Crippen LogP contribution in [0.1, 0.15) is 5.56 Å². The molecule has 0 bridgehead atoms. The highest BCUT2D eigenvalue weighted by atomic mass is 15.2. The van der Waals surface area contributed by atoms with Crippen molar-refractivity contribution in [2.45, 2.75) is 6.54 Å². The molecule has 3 aromatic heterocycles. The van der Waals surface area contributed by atoms with Gasteiger partial charge in [-0.1, -0.05) is 24.3 Å². The number of H-pyrrole nitrogens is 1. The van der Waals surface area contributed by atoms with Crippen molar-refractivity contribution in [2.24, 2.45) is 0 Å². The zero-order valence-corrected chi connectivity index (χ0v) is 10.2. The van der Waals surface area contributed by atoms with E-state index in [1.807, 2.05) is 12.1 Å². The van der Waals surface area contributed by atoms with Crippen LogP contribution in [-0.2, 0) is 6.54 Å². The van der Waals surface area contributed by atoms with Crippen LogP contribution in [0.4, 0.5) is 0 Å². The number of nitrogens with zero attached hydrogens (tertiary/aromatic N) is 3. The molecule has 1 aliphatic rings. The molecular formula is C15H11N4+. The van der Waals surface area contributed by atoms with Gasteiger partial charge < -0.3 is 0 Å². The summed E-state index contributed by atoms with van der Waals surface area (Å²) < 4.78 is 4.45. The number of imidazole rings is 2. The molecule has 1 N–H and O–H groups in total. The van der Waals surface area contributed by atoms with E-state index in [0.29, 0.717) is 0 Å². The SMILES string of the molecule is c1ccc2c(c1)Cn1c-2nc2[nH]c3cccc[n+]3c21. The molecule has 90 valence electrons. The number of pyridine rings is 1. The summed E-state index contributed by atoms with van der Waals surface area (Å²) >= 11 is 0. The molecule has 1 aliphatic heterocycles. The maximum absolute atomic E-state index is 4.76. The molecule has 1 aromatic carbocycles. The predicted molar refractivity (Wildman–Crippen MR) is 71.8 cm³/mol. The van der Waals surface area contributed by atoms with E-state index in [2.05, 4.69) is 50.5 Å². The van der Waals surface area contributed by atoms with Crippen LogP contribution < -0.4 is 4.40 Å². The third kappa shape index (κ3) is 1.04. The van der Waals surface area contributed by atoms with Crippen molar-refractivity contribution in [3.63, 3.8) is 0 Å². The van der Waals surface area contributed by atoms with Gasteiger partial charge in [0.15, 0.2) is 0 Å². The molecular weight excluding hydrogens is 236 g/mol. The Labute approximate surface area is 109 Å². The number of nitrogens with one attached hydrogen (secondary N) is 1. The van der Waals surface area contributed by atoms with Crippen molar-refractivity contribution in [3.05, 3.63) is 54.2 Å². The summed E-state index contributed by atoms with van der Waals surface area (Å²) in [6, 6.07) is 14.6. The van der Waals surface area contributed by atoms with E-state index in [1.165, 1.54) is 11.1 Å². The number of hydrogen-bond acceptors (Lipinski definition) is 1. The summed E-state index contributed by atoms with van der Waals surface area (Å²) in [5, 5.41) is 0. The van der Waals surface area contributed by atoms with E-state index in [1.54, 1.807) is 0 Å². The van der Waals surface area contributed by atoms with Crippen molar-refractivity contribution in [3.8, 4) is 11.4 Å². The maximum Gasteiger partial charge on any atom is 0.295 e. The Morgan fingerprint density at radius 2 is 2.00 bits per heavy atom. The molecule has 5 rings (SSSR count). The van der Waals surface area contributed by atoms with Crippen LogP contribution in [0.5, 0.6) is 0 Å². The average molecular weight is 247 g/mol. The molecule has 0 fully saturated rings. The van der Waals surface area contributed by atoms with Crippen molar-refractivity contribution in [1.29, 1.82) is 0 Å². The summed E-state index contributed by atoms with van der Waals surface area (Å²) in [4.78, 5) is 8.13. The topological polar surface area (TPSA) is 37.7 Å². The fourth-order valence-corrected chi connectivity index (χ4v) is 3.03. The third-order valence-electron chi connectivity index (χ3n) is 3.86. The van der Waals surface area contributed by atoms with Crippen LogP contribution in [0, 0.1) is 0 Å². The van der Waals surface area contributed by atoms with Gasteiger partial charge in [-0.15, -0.1) is 0 Å². The summed E-state index contributed by atoms with van der Waals surface area (Å²) in [6.07, 6.45) is 2.08. The minimum atomic E-state index is 0.900. The van der Waals surface area contributed by atoms with E-state index in [4.69, 9.17) is 4.98 Å². The Balaban J connectivity index is 1.94. The first kappa shape index (κ1) is 9.33. The molecule has 0 spiro atoms. The average Bonchev–Trinajstić information content (AvgIpc) is 3.05. The normalized spacial score (nSPS) is 13.1. The Morgan fingerprint density at radius 1 is 1.11 bits per heavy atom. The Kier molecular flexibility index (Phi) is 1.49. The van der Waals surface area contributed by atoms with Gasteiger partial charge in [-0.2, -0.15) is 4.98 Å². The maximum atomic E-state index is 4.76. The van der Waals surface area contributed by atoms with E-state index in [9.17, 15) is 0 Å². The van der Waals surface area contributed by atoms with E-state index in [-0.39, 0.29) is 0 Å². The molecule has 0 saturated heterocycles. The lowest BCUT2D eigenvalue weighted by Crippen LogP contribution is -2.21. The van der Waals surface area contributed by atoms with Gasteiger partial charge in [0.2, 0.25) is 11.5 Å². The minimum absolute atomic E-state index is 0.900. The van der Waals surface area contributed by atoms with Crippen LogP contribution in [0.15, 0.2) is 48.7 Å². The van der Waals surface area contributed by atoms with Crippen molar-refractivity contribution >= 4 is 16.9 Å². The molecule has 0 radical (unpaired) electrons. The third-order valence-corrected chi connectivity index (χ3v) is 3.86. The second kappa shape index (κ2) is 3.03. The fraction of sp³-hybridized carbons (Fsp3) is 0.0667. The predicted octanol–water partition coefficient (Wildman–Crippen LogP) is 2.13. The highest BCUT2D eigenvalue weighted by Gasteiger charge is 2.30. The van der Waals surface area contributed by atoms with Crippen LogP contribution in [0.25, 0.3) is 28.3 Å². The highest BCUT2D eigenvalue weighted by molar-refractivity contribution is 5.77. The zero-order chi connectivity index (χ0) is 12.4. The molecule has 0 unspecified atom stereocenters. The molecule has 4 aromatic rings. The standard InChI is InChI=1S/C15H10N4/c1-2-6-11-10(5-1)9-19-14(11)17-13-15(19)18-8-4-3-7-12(18)16-13/h1-8H,9H2/p+1. The van der Waals surface area contributed by atoms with Crippen molar-refractivity contribution in [1.82, 2.24) is 14.5 Å². The molecule has 4 heteroatoms. The van der Waals surface area contributed by atoms with Gasteiger partial charge in [-0.3, -0.25) is 4.98 Å². The summed E-state index contributed by atoms with van der Waals surface area (Å²) in [5.41, 5.74) is 5.76. The fourth-order valence-electron chi connectivity index (χ4n) is 3.03. The molecule has 4 nitrogen and oxygen atoms in total. The van der Waals surface area contributed by atoms with Crippen molar-refractivity contribution in [2.75, 3.05) is 0 Å². The van der Waals surface area contributed by atoms with Crippen LogP contribution in [-0.4, -0.2) is 14.5 Å². The second-order valence-corrected chi connectivity index (χ2v) is 4.93. The minimum Gasteiger partial charge on any atom is -0.251 e. The molecule has 19 heavy (non-hydrogen) atoms. The number of rotatable bonds is 0. The quantitative estimate of drug-likeness (QED) is 0.418. The Morgan fingerprint density at radius 3 is 3.00 bits per heavy atom. The number of fused-ring (bicyclic) bond motifs is 7.